The highest BCUT2D eigenvalue weighted by atomic mass is 32.1. The number of thiazole rings is 1. The maximum Gasteiger partial charge on any atom is 0.234 e. The first-order chi connectivity index (χ1) is 8.35. The SMILES string of the molecule is CC1=[N+](C)c2ccc3c(sc(C)[n+]3C)c2C1(C)C. The molecule has 3 heteroatoms. The third-order valence-corrected chi connectivity index (χ3v) is 5.78. The summed E-state index contributed by atoms with van der Waals surface area (Å²) >= 11 is 1.91. The van der Waals surface area contributed by atoms with Gasteiger partial charge in [0.2, 0.25) is 16.2 Å². The summed E-state index contributed by atoms with van der Waals surface area (Å²) < 4.78 is 6.08. The molecule has 0 atom stereocenters. The Kier molecular flexibility index (Phi) is 2.25. The van der Waals surface area contributed by atoms with E-state index in [0.29, 0.717) is 0 Å². The summed E-state index contributed by atoms with van der Waals surface area (Å²) in [5.74, 6) is 0. The van der Waals surface area contributed by atoms with Gasteiger partial charge in [-0.15, -0.1) is 0 Å². The second-order valence-corrected chi connectivity index (χ2v) is 6.96. The van der Waals surface area contributed by atoms with Crippen molar-refractivity contribution in [3.63, 3.8) is 0 Å². The van der Waals surface area contributed by atoms with Crippen LogP contribution >= 0.6 is 11.3 Å². The van der Waals surface area contributed by atoms with Crippen LogP contribution < -0.4 is 4.57 Å². The van der Waals surface area contributed by atoms with Gasteiger partial charge in [0.25, 0.3) is 0 Å². The van der Waals surface area contributed by atoms with Crippen molar-refractivity contribution in [1.29, 1.82) is 0 Å². The molecule has 3 rings (SSSR count). The molecule has 2 heterocycles. The molecule has 18 heavy (non-hydrogen) atoms. The average molecular weight is 260 g/mol. The van der Waals surface area contributed by atoms with Crippen molar-refractivity contribution < 1.29 is 9.14 Å². The van der Waals surface area contributed by atoms with E-state index in [1.807, 2.05) is 11.3 Å². The Morgan fingerprint density at radius 2 is 1.78 bits per heavy atom. The fourth-order valence-electron chi connectivity index (χ4n) is 2.98. The van der Waals surface area contributed by atoms with Crippen molar-refractivity contribution >= 4 is 33.0 Å². The predicted octanol–water partition coefficient (Wildman–Crippen LogP) is 3.06. The molecule has 94 valence electrons. The summed E-state index contributed by atoms with van der Waals surface area (Å²) in [7, 11) is 4.33. The van der Waals surface area contributed by atoms with E-state index in [-0.39, 0.29) is 5.41 Å². The monoisotopic (exact) mass is 260 g/mol. The Bertz CT molecular complexity index is 705. The van der Waals surface area contributed by atoms with E-state index in [2.05, 4.69) is 63.1 Å². The van der Waals surface area contributed by atoms with Crippen LogP contribution in [0, 0.1) is 6.92 Å². The molecule has 0 radical (unpaired) electrons. The van der Waals surface area contributed by atoms with Crippen LogP contribution in [0.15, 0.2) is 12.1 Å². The highest BCUT2D eigenvalue weighted by Gasteiger charge is 2.44. The van der Waals surface area contributed by atoms with Crippen molar-refractivity contribution in [2.45, 2.75) is 33.1 Å². The first-order valence-electron chi connectivity index (χ1n) is 6.36. The molecule has 0 amide bonds. The number of fused-ring (bicyclic) bond motifs is 3. The number of nitrogens with zero attached hydrogens (tertiary/aromatic N) is 2. The fourth-order valence-corrected chi connectivity index (χ4v) is 4.28. The molecule has 0 saturated carbocycles. The summed E-state index contributed by atoms with van der Waals surface area (Å²) in [5.41, 5.74) is 5.78. The van der Waals surface area contributed by atoms with Gasteiger partial charge < -0.3 is 0 Å². The van der Waals surface area contributed by atoms with E-state index in [0.717, 1.165) is 0 Å². The van der Waals surface area contributed by atoms with E-state index < -0.39 is 0 Å². The third-order valence-electron chi connectivity index (χ3n) is 4.59. The lowest BCUT2D eigenvalue weighted by Crippen LogP contribution is -2.29. The summed E-state index contributed by atoms with van der Waals surface area (Å²) in [5, 5.41) is 1.36. The Labute approximate surface area is 112 Å². The number of aromatic nitrogens is 1. The maximum atomic E-state index is 2.34. The lowest BCUT2D eigenvalue weighted by atomic mass is 9.82. The lowest BCUT2D eigenvalue weighted by molar-refractivity contribution is -0.646. The molecule has 1 aromatic heterocycles. The molecule has 1 aliphatic heterocycles. The van der Waals surface area contributed by atoms with Gasteiger partial charge in [0.1, 0.15) is 18.8 Å². The second-order valence-electron chi connectivity index (χ2n) is 5.76. The molecule has 0 bridgehead atoms. The smallest absolute Gasteiger partial charge is 0.202 e. The van der Waals surface area contributed by atoms with Gasteiger partial charge in [-0.3, -0.25) is 0 Å². The number of hydrogen-bond acceptors (Lipinski definition) is 1. The normalized spacial score (nSPS) is 17.7. The van der Waals surface area contributed by atoms with Crippen molar-refractivity contribution in [3.05, 3.63) is 22.7 Å². The molecule has 0 spiro atoms. The molecule has 0 unspecified atom stereocenters. The molecule has 1 aliphatic rings. The van der Waals surface area contributed by atoms with Crippen LogP contribution in [0.1, 0.15) is 31.3 Å². The number of hydrogen-bond donors (Lipinski definition) is 0. The Morgan fingerprint density at radius 1 is 1.11 bits per heavy atom. The molecule has 2 nitrogen and oxygen atoms in total. The van der Waals surface area contributed by atoms with Crippen LogP contribution in [-0.4, -0.2) is 17.3 Å². The zero-order chi connectivity index (χ0) is 13.2. The highest BCUT2D eigenvalue weighted by molar-refractivity contribution is 7.18. The van der Waals surface area contributed by atoms with E-state index >= 15 is 0 Å². The predicted molar refractivity (Wildman–Crippen MR) is 77.3 cm³/mol. The molecule has 0 N–H and O–H groups in total. The van der Waals surface area contributed by atoms with Crippen LogP contribution in [0.4, 0.5) is 5.69 Å². The van der Waals surface area contributed by atoms with E-state index in [1.165, 1.54) is 32.2 Å². The number of benzene rings is 1. The van der Waals surface area contributed by atoms with Gasteiger partial charge in [-0.05, 0) is 13.8 Å². The van der Waals surface area contributed by atoms with Gasteiger partial charge in [-0.25, -0.2) is 4.58 Å². The van der Waals surface area contributed by atoms with Crippen molar-refractivity contribution in [2.75, 3.05) is 7.05 Å². The minimum absolute atomic E-state index is 0.133. The van der Waals surface area contributed by atoms with Crippen LogP contribution in [0.5, 0.6) is 0 Å². The summed E-state index contributed by atoms with van der Waals surface area (Å²) in [6.07, 6.45) is 0. The third kappa shape index (κ3) is 1.23. The highest BCUT2D eigenvalue weighted by Crippen LogP contribution is 2.44. The number of rotatable bonds is 0. The van der Waals surface area contributed by atoms with Crippen molar-refractivity contribution in [3.8, 4) is 0 Å². The Morgan fingerprint density at radius 3 is 2.44 bits per heavy atom. The quantitative estimate of drug-likeness (QED) is 0.643. The van der Waals surface area contributed by atoms with Gasteiger partial charge in [-0.1, -0.05) is 11.3 Å². The topological polar surface area (TPSA) is 6.89 Å². The van der Waals surface area contributed by atoms with Gasteiger partial charge in [0, 0.05) is 26.0 Å². The largest absolute Gasteiger partial charge is 0.234 e. The van der Waals surface area contributed by atoms with Gasteiger partial charge in [0.05, 0.1) is 11.0 Å². The zero-order valence-corrected chi connectivity index (χ0v) is 12.8. The van der Waals surface area contributed by atoms with Gasteiger partial charge in [-0.2, -0.15) is 4.57 Å². The van der Waals surface area contributed by atoms with E-state index in [4.69, 9.17) is 0 Å². The second kappa shape index (κ2) is 3.41. The molecular weight excluding hydrogens is 240 g/mol. The standard InChI is InChI=1S/C15H20N2S/c1-9-15(3,4)13-11(16(9)5)7-8-12-14(13)18-10(2)17(12)6/h7-8H,1-6H3/q+2. The van der Waals surface area contributed by atoms with Crippen LogP contribution in [-0.2, 0) is 12.5 Å². The average Bonchev–Trinajstić information content (AvgIpc) is 2.69. The van der Waals surface area contributed by atoms with Gasteiger partial charge in [0.15, 0.2) is 5.71 Å². The fraction of sp³-hybridized carbons (Fsp3) is 0.467. The summed E-state index contributed by atoms with van der Waals surface area (Å²) in [4.78, 5) is 0. The molecular formula is C15H20N2S+2. The van der Waals surface area contributed by atoms with Crippen LogP contribution in [0.25, 0.3) is 10.2 Å². The van der Waals surface area contributed by atoms with Crippen LogP contribution in [0.2, 0.25) is 0 Å². The van der Waals surface area contributed by atoms with E-state index in [9.17, 15) is 0 Å². The van der Waals surface area contributed by atoms with E-state index in [1.54, 1.807) is 0 Å². The number of aryl methyl sites for hydroxylation is 2. The first kappa shape index (κ1) is 11.8. The molecule has 0 fully saturated rings. The molecule has 1 aromatic carbocycles. The Balaban J connectivity index is 2.48. The summed E-state index contributed by atoms with van der Waals surface area (Å²) in [6, 6.07) is 4.52. The van der Waals surface area contributed by atoms with Crippen molar-refractivity contribution in [2.24, 2.45) is 7.05 Å². The Hall–Kier alpha value is -1.22. The van der Waals surface area contributed by atoms with Crippen LogP contribution in [0.3, 0.4) is 0 Å². The lowest BCUT2D eigenvalue weighted by Gasteiger charge is -2.14. The minimum Gasteiger partial charge on any atom is -0.202 e. The first-order valence-corrected chi connectivity index (χ1v) is 7.17. The summed E-state index contributed by atoms with van der Waals surface area (Å²) in [6.45, 7) is 9.10. The van der Waals surface area contributed by atoms with Gasteiger partial charge >= 0.3 is 0 Å². The minimum atomic E-state index is 0.133. The molecule has 2 aromatic rings. The molecule has 0 aliphatic carbocycles. The van der Waals surface area contributed by atoms with Crippen molar-refractivity contribution in [1.82, 2.24) is 0 Å². The molecule has 0 saturated heterocycles. The maximum absolute atomic E-state index is 2.34. The zero-order valence-electron chi connectivity index (χ0n) is 12.0.